The Hall–Kier alpha value is -0.130. The fourth-order valence-electron chi connectivity index (χ4n) is 1.54. The van der Waals surface area contributed by atoms with E-state index < -0.39 is 15.6 Å². The molecule has 0 spiro atoms. The predicted octanol–water partition coefficient (Wildman–Crippen LogP) is 2.28. The van der Waals surface area contributed by atoms with E-state index in [0.29, 0.717) is 12.6 Å². The Morgan fingerprint density at radius 1 is 1.11 bits per heavy atom. The van der Waals surface area contributed by atoms with Crippen molar-refractivity contribution >= 4 is 10.0 Å². The van der Waals surface area contributed by atoms with Gasteiger partial charge in [0.25, 0.3) is 0 Å². The Labute approximate surface area is 113 Å². The molecule has 0 aliphatic rings. The van der Waals surface area contributed by atoms with Crippen LogP contribution in [0.4, 0.5) is 0 Å². The molecule has 1 unspecified atom stereocenters. The molecule has 0 aliphatic heterocycles. The summed E-state index contributed by atoms with van der Waals surface area (Å²) in [7, 11) is -3.19. The van der Waals surface area contributed by atoms with Crippen molar-refractivity contribution in [3.63, 3.8) is 0 Å². The summed E-state index contributed by atoms with van der Waals surface area (Å²) < 4.78 is 25.0. The number of rotatable bonds is 5. The van der Waals surface area contributed by atoms with Crippen molar-refractivity contribution in [1.82, 2.24) is 9.62 Å². The van der Waals surface area contributed by atoms with Crippen molar-refractivity contribution in [3.05, 3.63) is 0 Å². The van der Waals surface area contributed by atoms with Gasteiger partial charge in [0, 0.05) is 5.54 Å². The van der Waals surface area contributed by atoms with Gasteiger partial charge in [-0.25, -0.2) is 8.42 Å². The molecule has 0 aliphatic carbocycles. The van der Waals surface area contributed by atoms with Gasteiger partial charge in [-0.1, -0.05) is 27.7 Å². The van der Waals surface area contributed by atoms with Crippen LogP contribution in [0.15, 0.2) is 0 Å². The molecule has 0 bridgehead atoms. The lowest BCUT2D eigenvalue weighted by Crippen LogP contribution is -2.50. The molecule has 0 aromatic heterocycles. The Morgan fingerprint density at radius 3 is 1.83 bits per heavy atom. The molecule has 0 heterocycles. The Morgan fingerprint density at radius 2 is 1.56 bits per heavy atom. The van der Waals surface area contributed by atoms with Crippen molar-refractivity contribution in [3.8, 4) is 0 Å². The molecule has 0 aromatic rings. The molecule has 0 radical (unpaired) electrons. The minimum Gasteiger partial charge on any atom is -0.303 e. The zero-order valence-electron chi connectivity index (χ0n) is 13.2. The van der Waals surface area contributed by atoms with Gasteiger partial charge in [-0.15, -0.1) is 0 Å². The first-order chi connectivity index (χ1) is 7.76. The van der Waals surface area contributed by atoms with Crippen molar-refractivity contribution in [1.29, 1.82) is 0 Å². The first-order valence-corrected chi connectivity index (χ1v) is 8.29. The lowest BCUT2D eigenvalue weighted by atomic mass is 9.82. The minimum atomic E-state index is -3.19. The monoisotopic (exact) mass is 278 g/mol. The lowest BCUT2D eigenvalue weighted by molar-refractivity contribution is 0.207. The van der Waals surface area contributed by atoms with E-state index >= 15 is 0 Å². The maximum Gasteiger partial charge on any atom is 0.212 e. The summed E-state index contributed by atoms with van der Waals surface area (Å²) in [6, 6.07) is 0. The van der Waals surface area contributed by atoms with Crippen LogP contribution in [0.25, 0.3) is 0 Å². The third kappa shape index (κ3) is 6.16. The van der Waals surface area contributed by atoms with Crippen LogP contribution in [0.2, 0.25) is 0 Å². The average molecular weight is 278 g/mol. The predicted molar refractivity (Wildman–Crippen MR) is 77.9 cm³/mol. The maximum atomic E-state index is 11.7. The molecule has 0 saturated heterocycles. The molecule has 4 nitrogen and oxygen atoms in total. The zero-order chi connectivity index (χ0) is 14.8. The smallest absolute Gasteiger partial charge is 0.212 e. The van der Waals surface area contributed by atoms with Crippen molar-refractivity contribution < 1.29 is 8.42 Å². The van der Waals surface area contributed by atoms with Crippen molar-refractivity contribution in [2.45, 2.75) is 54.0 Å². The quantitative estimate of drug-likeness (QED) is 0.785. The molecule has 0 fully saturated rings. The molecule has 5 heteroatoms. The van der Waals surface area contributed by atoms with Crippen LogP contribution in [-0.2, 0) is 10.0 Å². The lowest BCUT2D eigenvalue weighted by Gasteiger charge is -2.34. The van der Waals surface area contributed by atoms with Crippen molar-refractivity contribution in [2.75, 3.05) is 19.5 Å². The second-order valence-corrected chi connectivity index (χ2v) is 9.07. The highest BCUT2D eigenvalue weighted by molar-refractivity contribution is 7.88. The topological polar surface area (TPSA) is 49.4 Å². The number of sulfonamides is 1. The number of nitrogens with zero attached hydrogens (tertiary/aromatic N) is 1. The Bertz CT molecular complexity index is 350. The van der Waals surface area contributed by atoms with Gasteiger partial charge in [-0.05, 0) is 38.6 Å². The third-order valence-electron chi connectivity index (χ3n) is 3.33. The summed E-state index contributed by atoms with van der Waals surface area (Å²) in [5, 5.41) is 3.25. The van der Waals surface area contributed by atoms with Gasteiger partial charge in [-0.3, -0.25) is 0 Å². The molecule has 110 valence electrons. The highest BCUT2D eigenvalue weighted by Crippen LogP contribution is 2.24. The molecule has 0 amide bonds. The van der Waals surface area contributed by atoms with E-state index in [1.807, 2.05) is 20.8 Å². The number of hydrogen-bond acceptors (Lipinski definition) is 3. The first-order valence-electron chi connectivity index (χ1n) is 6.45. The minimum absolute atomic E-state index is 0.227. The molecular weight excluding hydrogens is 248 g/mol. The molecular formula is C13H30N2O2S. The highest BCUT2D eigenvalue weighted by Gasteiger charge is 2.29. The van der Waals surface area contributed by atoms with Gasteiger partial charge in [-0.2, -0.15) is 4.31 Å². The average Bonchev–Trinajstić information content (AvgIpc) is 2.05. The van der Waals surface area contributed by atoms with E-state index in [1.165, 1.54) is 10.6 Å². The molecule has 0 aromatic carbocycles. The summed E-state index contributed by atoms with van der Waals surface area (Å²) in [6.45, 7) is 15.6. The summed E-state index contributed by atoms with van der Waals surface area (Å²) in [5.74, 6) is 0.485. The second-order valence-electron chi connectivity index (χ2n) is 7.16. The van der Waals surface area contributed by atoms with E-state index in [9.17, 15) is 8.42 Å². The molecule has 0 saturated carbocycles. The summed E-state index contributed by atoms with van der Waals surface area (Å²) in [4.78, 5) is 0. The second kappa shape index (κ2) is 5.88. The fourth-order valence-corrected chi connectivity index (χ4v) is 2.86. The van der Waals surface area contributed by atoms with E-state index in [2.05, 4.69) is 33.0 Å². The van der Waals surface area contributed by atoms with Gasteiger partial charge in [0.1, 0.15) is 0 Å². The highest BCUT2D eigenvalue weighted by atomic mass is 32.2. The van der Waals surface area contributed by atoms with Crippen LogP contribution in [0, 0.1) is 11.3 Å². The van der Waals surface area contributed by atoms with Crippen LogP contribution in [0.1, 0.15) is 48.5 Å². The van der Waals surface area contributed by atoms with Crippen LogP contribution in [0.3, 0.4) is 0 Å². The van der Waals surface area contributed by atoms with Gasteiger partial charge in [0.05, 0.1) is 12.9 Å². The standard InChI is InChI=1S/C13H30N2O2S/c1-11(12(2,3)4)9-14-10-15(13(5,6)7)18(8,16)17/h11,14H,9-10H2,1-8H3. The van der Waals surface area contributed by atoms with Gasteiger partial charge >= 0.3 is 0 Å². The van der Waals surface area contributed by atoms with E-state index in [-0.39, 0.29) is 5.41 Å². The van der Waals surface area contributed by atoms with Gasteiger partial charge < -0.3 is 5.32 Å². The Balaban J connectivity index is 4.50. The van der Waals surface area contributed by atoms with E-state index in [4.69, 9.17) is 0 Å². The maximum absolute atomic E-state index is 11.7. The fraction of sp³-hybridized carbons (Fsp3) is 1.00. The normalized spacial score (nSPS) is 16.1. The Kier molecular flexibility index (Phi) is 5.84. The zero-order valence-corrected chi connectivity index (χ0v) is 14.0. The van der Waals surface area contributed by atoms with Crippen LogP contribution < -0.4 is 5.32 Å². The van der Waals surface area contributed by atoms with Crippen LogP contribution in [-0.4, -0.2) is 37.7 Å². The number of hydrogen-bond donors (Lipinski definition) is 1. The third-order valence-corrected chi connectivity index (χ3v) is 4.81. The van der Waals surface area contributed by atoms with Gasteiger partial charge in [0.15, 0.2) is 0 Å². The SMILES string of the molecule is CC(CNCN(C(C)(C)C)S(C)(=O)=O)C(C)(C)C. The molecule has 1 atom stereocenters. The summed E-state index contributed by atoms with van der Waals surface area (Å²) >= 11 is 0. The van der Waals surface area contributed by atoms with Crippen LogP contribution >= 0.6 is 0 Å². The molecule has 0 rings (SSSR count). The largest absolute Gasteiger partial charge is 0.303 e. The van der Waals surface area contributed by atoms with Crippen molar-refractivity contribution in [2.24, 2.45) is 11.3 Å². The van der Waals surface area contributed by atoms with Crippen LogP contribution in [0.5, 0.6) is 0 Å². The summed E-state index contributed by atoms with van der Waals surface area (Å²) in [6.07, 6.45) is 1.26. The van der Waals surface area contributed by atoms with E-state index in [1.54, 1.807) is 0 Å². The molecule has 18 heavy (non-hydrogen) atoms. The molecule has 1 N–H and O–H groups in total. The number of nitrogens with one attached hydrogen (secondary N) is 1. The summed E-state index contributed by atoms with van der Waals surface area (Å²) in [5.41, 5.74) is -0.170. The van der Waals surface area contributed by atoms with E-state index in [0.717, 1.165) is 6.54 Å². The first kappa shape index (κ1) is 17.9. The van der Waals surface area contributed by atoms with Gasteiger partial charge in [0.2, 0.25) is 10.0 Å².